The second-order valence-electron chi connectivity index (χ2n) is 6.82. The lowest BCUT2D eigenvalue weighted by molar-refractivity contribution is 0.169. The molecule has 0 spiro atoms. The number of hydrogen-bond donors (Lipinski definition) is 0. The fourth-order valence-electron chi connectivity index (χ4n) is 2.62. The van der Waals surface area contributed by atoms with Gasteiger partial charge in [-0.25, -0.2) is 0 Å². The van der Waals surface area contributed by atoms with Crippen LogP contribution in [-0.4, -0.2) is 0 Å². The minimum Gasteiger partial charge on any atom is -0.0617 e. The standard InChI is InChI=1S/C13H26/c1-10(12(2,3)4)11-7-8-13(5,6)9-11/h10-11H,7-9H2,1-6H3. The van der Waals surface area contributed by atoms with Crippen LogP contribution < -0.4 is 0 Å². The Morgan fingerprint density at radius 1 is 1.23 bits per heavy atom. The quantitative estimate of drug-likeness (QED) is 0.560. The van der Waals surface area contributed by atoms with E-state index in [1.54, 1.807) is 0 Å². The van der Waals surface area contributed by atoms with Crippen LogP contribution in [-0.2, 0) is 0 Å². The Hall–Kier alpha value is 0. The molecule has 0 N–H and O–H groups in total. The summed E-state index contributed by atoms with van der Waals surface area (Å²) >= 11 is 0. The first-order valence-corrected chi connectivity index (χ1v) is 5.72. The zero-order valence-corrected chi connectivity index (χ0v) is 10.3. The summed E-state index contributed by atoms with van der Waals surface area (Å²) in [7, 11) is 0. The molecule has 1 rings (SSSR count). The first-order valence-electron chi connectivity index (χ1n) is 5.72. The van der Waals surface area contributed by atoms with Crippen LogP contribution >= 0.6 is 0 Å². The molecule has 0 aromatic rings. The Bertz CT molecular complexity index is 171. The van der Waals surface area contributed by atoms with Crippen molar-refractivity contribution >= 4 is 0 Å². The third kappa shape index (κ3) is 2.72. The molecule has 0 aromatic carbocycles. The molecule has 0 radical (unpaired) electrons. The maximum absolute atomic E-state index is 2.44. The lowest BCUT2D eigenvalue weighted by atomic mass is 9.73. The summed E-state index contributed by atoms with van der Waals surface area (Å²) in [5, 5.41) is 0. The Morgan fingerprint density at radius 3 is 2.08 bits per heavy atom. The molecule has 1 saturated carbocycles. The molecule has 0 aromatic heterocycles. The zero-order chi connectivity index (χ0) is 10.3. The van der Waals surface area contributed by atoms with Crippen LogP contribution in [0.2, 0.25) is 0 Å². The number of rotatable bonds is 1. The maximum atomic E-state index is 2.44. The molecule has 1 fully saturated rings. The zero-order valence-electron chi connectivity index (χ0n) is 10.3. The van der Waals surface area contributed by atoms with Gasteiger partial charge in [-0.3, -0.25) is 0 Å². The van der Waals surface area contributed by atoms with Crippen LogP contribution in [0.5, 0.6) is 0 Å². The predicted molar refractivity (Wildman–Crippen MR) is 59.7 cm³/mol. The van der Waals surface area contributed by atoms with E-state index in [9.17, 15) is 0 Å². The second-order valence-corrected chi connectivity index (χ2v) is 6.82. The Morgan fingerprint density at radius 2 is 1.77 bits per heavy atom. The highest BCUT2D eigenvalue weighted by atomic mass is 14.4. The lowest BCUT2D eigenvalue weighted by Crippen LogP contribution is -2.24. The average Bonchev–Trinajstić information content (AvgIpc) is 2.26. The molecule has 2 atom stereocenters. The fourth-order valence-corrected chi connectivity index (χ4v) is 2.62. The first kappa shape index (κ1) is 11.1. The third-order valence-corrected chi connectivity index (χ3v) is 4.08. The van der Waals surface area contributed by atoms with E-state index < -0.39 is 0 Å². The Labute approximate surface area is 84.1 Å². The molecule has 0 aliphatic heterocycles. The lowest BCUT2D eigenvalue weighted by Gasteiger charge is -2.33. The van der Waals surface area contributed by atoms with Crippen LogP contribution in [0, 0.1) is 22.7 Å². The van der Waals surface area contributed by atoms with Crippen molar-refractivity contribution in [3.63, 3.8) is 0 Å². The van der Waals surface area contributed by atoms with Gasteiger partial charge < -0.3 is 0 Å². The van der Waals surface area contributed by atoms with E-state index in [-0.39, 0.29) is 0 Å². The maximum Gasteiger partial charge on any atom is -0.0351 e. The summed E-state index contributed by atoms with van der Waals surface area (Å²) in [4.78, 5) is 0. The van der Waals surface area contributed by atoms with E-state index in [2.05, 4.69) is 41.5 Å². The van der Waals surface area contributed by atoms with Crippen LogP contribution in [0.3, 0.4) is 0 Å². The molecule has 13 heavy (non-hydrogen) atoms. The minimum absolute atomic E-state index is 0.491. The molecular weight excluding hydrogens is 156 g/mol. The van der Waals surface area contributed by atoms with Crippen molar-refractivity contribution in [2.75, 3.05) is 0 Å². The van der Waals surface area contributed by atoms with Gasteiger partial charge in [0.1, 0.15) is 0 Å². The van der Waals surface area contributed by atoms with Gasteiger partial charge in [0.05, 0.1) is 0 Å². The van der Waals surface area contributed by atoms with Crippen molar-refractivity contribution in [1.82, 2.24) is 0 Å². The van der Waals surface area contributed by atoms with E-state index in [1.165, 1.54) is 19.3 Å². The normalized spacial score (nSPS) is 30.5. The molecule has 0 nitrogen and oxygen atoms in total. The highest BCUT2D eigenvalue weighted by Crippen LogP contribution is 2.48. The molecule has 78 valence electrons. The van der Waals surface area contributed by atoms with Crippen molar-refractivity contribution in [1.29, 1.82) is 0 Å². The van der Waals surface area contributed by atoms with Gasteiger partial charge in [0, 0.05) is 0 Å². The van der Waals surface area contributed by atoms with Gasteiger partial charge in [-0.15, -0.1) is 0 Å². The molecule has 2 unspecified atom stereocenters. The van der Waals surface area contributed by atoms with E-state index in [4.69, 9.17) is 0 Å². The number of hydrogen-bond acceptors (Lipinski definition) is 0. The molecule has 0 bridgehead atoms. The van der Waals surface area contributed by atoms with Crippen molar-refractivity contribution in [3.8, 4) is 0 Å². The van der Waals surface area contributed by atoms with Crippen LogP contribution in [0.15, 0.2) is 0 Å². The summed E-state index contributed by atoms with van der Waals surface area (Å²) in [6, 6.07) is 0. The van der Waals surface area contributed by atoms with E-state index >= 15 is 0 Å². The molecule has 1 aliphatic rings. The Balaban J connectivity index is 2.57. The smallest absolute Gasteiger partial charge is 0.0351 e. The topological polar surface area (TPSA) is 0 Å². The molecule has 0 heteroatoms. The average molecular weight is 182 g/mol. The van der Waals surface area contributed by atoms with Crippen LogP contribution in [0.4, 0.5) is 0 Å². The third-order valence-electron chi connectivity index (χ3n) is 4.08. The molecular formula is C13H26. The van der Waals surface area contributed by atoms with Gasteiger partial charge in [-0.2, -0.15) is 0 Å². The molecule has 0 amide bonds. The first-order chi connectivity index (χ1) is 5.72. The summed E-state index contributed by atoms with van der Waals surface area (Å²) in [5.74, 6) is 1.84. The van der Waals surface area contributed by atoms with Crippen molar-refractivity contribution in [2.45, 2.75) is 60.8 Å². The van der Waals surface area contributed by atoms with Gasteiger partial charge in [-0.05, 0) is 41.9 Å². The van der Waals surface area contributed by atoms with Crippen molar-refractivity contribution in [3.05, 3.63) is 0 Å². The van der Waals surface area contributed by atoms with Gasteiger partial charge in [0.25, 0.3) is 0 Å². The highest BCUT2D eigenvalue weighted by molar-refractivity contribution is 4.88. The van der Waals surface area contributed by atoms with Gasteiger partial charge in [-0.1, -0.05) is 41.5 Å². The second kappa shape index (κ2) is 3.29. The van der Waals surface area contributed by atoms with E-state index in [0.717, 1.165) is 11.8 Å². The largest absolute Gasteiger partial charge is 0.0617 e. The molecule has 1 aliphatic carbocycles. The highest BCUT2D eigenvalue weighted by Gasteiger charge is 2.37. The minimum atomic E-state index is 0.491. The van der Waals surface area contributed by atoms with Crippen molar-refractivity contribution < 1.29 is 0 Å². The van der Waals surface area contributed by atoms with E-state index in [1.807, 2.05) is 0 Å². The monoisotopic (exact) mass is 182 g/mol. The fraction of sp³-hybridized carbons (Fsp3) is 1.00. The summed E-state index contributed by atoms with van der Waals surface area (Å²) in [6.45, 7) is 14.4. The van der Waals surface area contributed by atoms with Gasteiger partial charge >= 0.3 is 0 Å². The van der Waals surface area contributed by atoms with Gasteiger partial charge in [0.2, 0.25) is 0 Å². The molecule has 0 saturated heterocycles. The van der Waals surface area contributed by atoms with Crippen molar-refractivity contribution in [2.24, 2.45) is 22.7 Å². The summed E-state index contributed by atoms with van der Waals surface area (Å²) in [6.07, 6.45) is 4.31. The summed E-state index contributed by atoms with van der Waals surface area (Å²) in [5.41, 5.74) is 1.11. The SMILES string of the molecule is CC(C1CCC(C)(C)C1)C(C)(C)C. The van der Waals surface area contributed by atoms with Gasteiger partial charge in [0.15, 0.2) is 0 Å². The predicted octanol–water partition coefficient (Wildman–Crippen LogP) is 4.49. The Kier molecular flexibility index (Phi) is 2.81. The van der Waals surface area contributed by atoms with E-state index in [0.29, 0.717) is 10.8 Å². The van der Waals surface area contributed by atoms with Crippen LogP contribution in [0.1, 0.15) is 60.8 Å². The van der Waals surface area contributed by atoms with Crippen LogP contribution in [0.25, 0.3) is 0 Å². The summed E-state index contributed by atoms with van der Waals surface area (Å²) < 4.78 is 0. The molecule has 0 heterocycles.